The van der Waals surface area contributed by atoms with Gasteiger partial charge in [-0.25, -0.2) is 9.59 Å². The first kappa shape index (κ1) is 42.1. The average Bonchev–Trinajstić information content (AvgIpc) is 3.98. The number of fused-ring (bicyclic) bond motifs is 3. The van der Waals surface area contributed by atoms with Gasteiger partial charge in [0.15, 0.2) is 11.5 Å². The summed E-state index contributed by atoms with van der Waals surface area (Å²) in [5.74, 6) is -1.47. The van der Waals surface area contributed by atoms with Gasteiger partial charge in [0, 0.05) is 28.3 Å². The van der Waals surface area contributed by atoms with E-state index in [1.807, 2.05) is 36.4 Å². The number of hydrogen-bond acceptors (Lipinski definition) is 9. The highest BCUT2D eigenvalue weighted by Gasteiger charge is 2.37. The van der Waals surface area contributed by atoms with Crippen molar-refractivity contribution >= 4 is 35.3 Å². The van der Waals surface area contributed by atoms with Crippen LogP contribution in [0.4, 0.5) is 13.6 Å². The summed E-state index contributed by atoms with van der Waals surface area (Å²) in [6, 6.07) is 22.1. The molecule has 3 aliphatic heterocycles. The Hall–Kier alpha value is -5.57. The minimum absolute atomic E-state index is 0.00768. The smallest absolute Gasteiger partial charge is 0.408 e. The van der Waals surface area contributed by atoms with Crippen molar-refractivity contribution in [1.82, 2.24) is 10.2 Å². The molecule has 0 unspecified atom stereocenters. The topological polar surface area (TPSA) is 144 Å². The lowest BCUT2D eigenvalue weighted by molar-refractivity contribution is -0.904. The number of carboxylic acids is 1. The number of aromatic nitrogens is 1. The van der Waals surface area contributed by atoms with E-state index in [1.165, 1.54) is 30.6 Å². The number of rotatable bonds is 17. The molecule has 2 aromatic heterocycles. The minimum Gasteiger partial charge on any atom is -0.489 e. The molecule has 3 aromatic carbocycles. The summed E-state index contributed by atoms with van der Waals surface area (Å²) in [6.07, 6.45) is 5.73. The van der Waals surface area contributed by atoms with Crippen molar-refractivity contribution < 1.29 is 56.8 Å². The van der Waals surface area contributed by atoms with Crippen molar-refractivity contribution in [1.29, 1.82) is 0 Å². The number of carboxylic acid groups (broad SMARTS) is 1. The van der Waals surface area contributed by atoms with E-state index in [0.29, 0.717) is 40.0 Å². The lowest BCUT2D eigenvalue weighted by atomic mass is 9.85. The fraction of sp³-hybridized carbons (Fsp3) is 0.356. The van der Waals surface area contributed by atoms with Crippen LogP contribution in [0.2, 0.25) is 10.0 Å². The first-order chi connectivity index (χ1) is 29.5. The zero-order valence-corrected chi connectivity index (χ0v) is 34.4. The summed E-state index contributed by atoms with van der Waals surface area (Å²) >= 11 is 13.1. The number of aromatic carboxylic acids is 1. The summed E-state index contributed by atoms with van der Waals surface area (Å²) < 4.78 is 56.4. The maximum Gasteiger partial charge on any atom is 0.408 e. The van der Waals surface area contributed by atoms with E-state index in [1.54, 1.807) is 24.3 Å². The molecule has 0 radical (unpaired) electrons. The second-order valence-corrected chi connectivity index (χ2v) is 16.5. The lowest BCUT2D eigenvalue weighted by Gasteiger charge is -2.43. The molecule has 1 amide bonds. The van der Waals surface area contributed by atoms with Crippen LogP contribution in [0.3, 0.4) is 0 Å². The number of alkyl halides is 2. The van der Waals surface area contributed by atoms with Gasteiger partial charge >= 0.3 is 18.7 Å². The minimum atomic E-state index is -3.11. The Bertz CT molecular complexity index is 2330. The Morgan fingerprint density at radius 1 is 0.885 bits per heavy atom. The molecule has 2 bridgehead atoms. The molecule has 12 nitrogen and oxygen atoms in total. The van der Waals surface area contributed by atoms with Crippen LogP contribution in [0.15, 0.2) is 95.7 Å². The molecule has 3 saturated heterocycles. The Labute approximate surface area is 360 Å². The predicted octanol–water partition coefficient (Wildman–Crippen LogP) is 9.06. The molecule has 5 heterocycles. The number of nitrogens with zero attached hydrogens (tertiary/aromatic N) is 2. The Kier molecular flexibility index (Phi) is 12.8. The first-order valence-electron chi connectivity index (χ1n) is 20.1. The van der Waals surface area contributed by atoms with Gasteiger partial charge in [0.2, 0.25) is 18.2 Å². The van der Waals surface area contributed by atoms with Crippen molar-refractivity contribution in [2.45, 2.75) is 63.4 Å². The quantitative estimate of drug-likeness (QED) is 0.0612. The molecule has 1 aliphatic carbocycles. The second-order valence-electron chi connectivity index (χ2n) is 15.6. The maximum atomic E-state index is 13.4. The molecule has 16 heteroatoms. The van der Waals surface area contributed by atoms with Crippen molar-refractivity contribution in [3.63, 3.8) is 0 Å². The molecule has 3 atom stereocenters. The molecule has 0 spiro atoms. The highest BCUT2D eigenvalue weighted by Crippen LogP contribution is 2.41. The van der Waals surface area contributed by atoms with Crippen LogP contribution in [-0.2, 0) is 17.8 Å². The zero-order chi connectivity index (χ0) is 42.6. The first-order valence-corrected chi connectivity index (χ1v) is 20.9. The zero-order valence-electron chi connectivity index (χ0n) is 32.9. The number of ether oxygens (including phenoxy) is 4. The average molecular weight is 880 g/mol. The van der Waals surface area contributed by atoms with Crippen LogP contribution in [0.1, 0.15) is 81.8 Å². The van der Waals surface area contributed by atoms with Crippen LogP contribution in [0, 0.1) is 11.8 Å². The molecule has 5 aromatic rings. The van der Waals surface area contributed by atoms with Gasteiger partial charge in [0.05, 0.1) is 12.6 Å². The van der Waals surface area contributed by atoms with Crippen LogP contribution >= 0.6 is 23.2 Å². The van der Waals surface area contributed by atoms with Gasteiger partial charge < -0.3 is 33.8 Å². The number of furan rings is 1. The van der Waals surface area contributed by atoms with E-state index in [2.05, 4.69) is 10.2 Å². The van der Waals surface area contributed by atoms with Gasteiger partial charge in [-0.15, -0.1) is 0 Å². The van der Waals surface area contributed by atoms with E-state index in [-0.39, 0.29) is 57.8 Å². The van der Waals surface area contributed by atoms with E-state index in [4.69, 9.17) is 46.6 Å². The summed E-state index contributed by atoms with van der Waals surface area (Å²) in [4.78, 5) is 28.5. The fourth-order valence-electron chi connectivity index (χ4n) is 8.12. The maximum absolute atomic E-state index is 13.4. The summed E-state index contributed by atoms with van der Waals surface area (Å²) in [7, 11) is 0. The number of carbonyl (C=O) groups is 2. The van der Waals surface area contributed by atoms with Crippen molar-refractivity contribution in [2.24, 2.45) is 11.8 Å². The van der Waals surface area contributed by atoms with Crippen LogP contribution < -0.4 is 24.3 Å². The lowest BCUT2D eigenvalue weighted by Crippen LogP contribution is -2.52. The Morgan fingerprint density at radius 3 is 2.30 bits per heavy atom. The molecular formula is C45H44Cl2F2N3O9+. The van der Waals surface area contributed by atoms with Gasteiger partial charge in [0.25, 0.3) is 0 Å². The normalized spacial score (nSPS) is 19.3. The number of nitrogens with one attached hydrogen (secondary N) is 1. The Balaban J connectivity index is 1.07. The molecular weight excluding hydrogens is 835 g/mol. The van der Waals surface area contributed by atoms with Gasteiger partial charge in [-0.2, -0.15) is 8.78 Å². The molecule has 3 N–H and O–H groups in total. The highest BCUT2D eigenvalue weighted by molar-refractivity contribution is 6.35. The molecule has 1 saturated carbocycles. The molecule has 61 heavy (non-hydrogen) atoms. The standard InChI is InChI=1S/C45H43Cl2F2N3O9/c46-36-21-52(56)22-37(47)35(36)20-33(29-11-12-38(60-44(48)49)39(18-29)58-24-26-9-10-26)34-19-32(59-42(34)43(53)54)25-57-31-8-4-7-30(17-31)41(28-5-2-1-3-6-28)50-45(55)61-40-23-51-15-13-27(40)14-16-51/h1-8,11-12,17-19,21-22,26-27,33,40-41,44H,9-10,13-16,20,23-25H2,(H2-,50,53,54,55,56)/p+1/t33-,40-,41-/m0/s1. The predicted molar refractivity (Wildman–Crippen MR) is 218 cm³/mol. The van der Waals surface area contributed by atoms with Crippen LogP contribution in [0.5, 0.6) is 17.2 Å². The summed E-state index contributed by atoms with van der Waals surface area (Å²) in [5, 5.41) is 23.8. The second kappa shape index (κ2) is 18.6. The number of carbonyl (C=O) groups excluding carboxylic acids is 1. The highest BCUT2D eigenvalue weighted by atomic mass is 35.5. The summed E-state index contributed by atoms with van der Waals surface area (Å²) in [6.45, 7) is -0.219. The number of piperidine rings is 3. The Morgan fingerprint density at radius 2 is 1.62 bits per heavy atom. The van der Waals surface area contributed by atoms with E-state index in [9.17, 15) is 28.7 Å². The third kappa shape index (κ3) is 10.3. The number of halogens is 4. The summed E-state index contributed by atoms with van der Waals surface area (Å²) in [5.41, 5.74) is 2.63. The van der Waals surface area contributed by atoms with Crippen molar-refractivity contribution in [3.05, 3.63) is 141 Å². The van der Waals surface area contributed by atoms with Crippen molar-refractivity contribution in [2.75, 3.05) is 26.2 Å². The number of hydrogen-bond donors (Lipinski definition) is 3. The largest absolute Gasteiger partial charge is 0.489 e. The fourth-order valence-corrected chi connectivity index (χ4v) is 8.72. The molecule has 4 aliphatic rings. The van der Waals surface area contributed by atoms with E-state index >= 15 is 0 Å². The monoisotopic (exact) mass is 878 g/mol. The third-order valence-corrected chi connectivity index (χ3v) is 12.1. The number of pyridine rings is 1. The third-order valence-electron chi connectivity index (χ3n) is 11.4. The molecule has 9 rings (SSSR count). The number of alkyl carbamates (subject to hydrolysis) is 1. The van der Waals surface area contributed by atoms with Crippen LogP contribution in [-0.4, -0.2) is 66.2 Å². The van der Waals surface area contributed by atoms with E-state index < -0.39 is 30.6 Å². The van der Waals surface area contributed by atoms with E-state index in [0.717, 1.165) is 56.4 Å². The van der Waals surface area contributed by atoms with Gasteiger partial charge in [-0.05, 0) is 104 Å². The SMILES string of the molecule is O=C(N[C@@H](c1ccccc1)c1cccc(OCc2cc([C@@H](Cc3c(Cl)c[n+](O)cc3Cl)c3ccc(OC(F)F)c(OCC4CC4)c3)c(C(=O)O)o2)c1)O[C@H]1CN2CCC1CC2. The number of benzene rings is 3. The van der Waals surface area contributed by atoms with Gasteiger partial charge in [-0.1, -0.05) is 71.7 Å². The molecule has 4 fully saturated rings. The van der Waals surface area contributed by atoms with Gasteiger partial charge in [0.1, 0.15) is 34.3 Å². The van der Waals surface area contributed by atoms with Gasteiger partial charge in [-0.3, -0.25) is 10.1 Å². The molecule has 320 valence electrons. The van der Waals surface area contributed by atoms with Crippen LogP contribution in [0.25, 0.3) is 0 Å². The van der Waals surface area contributed by atoms with Crippen molar-refractivity contribution in [3.8, 4) is 17.2 Å². The number of amides is 1.